The molecule has 1 nitrogen and oxygen atoms in total. The monoisotopic (exact) mass is 258 g/mol. The standard InChI is InChI=1S/C19H14O/c1-14(19-9-5-4-8-18(19)13-20)16-11-10-15-6-2-3-7-17(15)12-16/h2-13H,1H2. The molecule has 0 bridgehead atoms. The van der Waals surface area contributed by atoms with Crippen molar-refractivity contribution in [2.24, 2.45) is 0 Å². The molecule has 20 heavy (non-hydrogen) atoms. The van der Waals surface area contributed by atoms with Crippen molar-refractivity contribution in [3.05, 3.63) is 90.0 Å². The molecule has 0 saturated carbocycles. The Morgan fingerprint density at radius 3 is 2.35 bits per heavy atom. The molecule has 0 aliphatic carbocycles. The highest BCUT2D eigenvalue weighted by atomic mass is 16.1. The van der Waals surface area contributed by atoms with Crippen molar-refractivity contribution in [3.63, 3.8) is 0 Å². The van der Waals surface area contributed by atoms with Crippen molar-refractivity contribution in [2.45, 2.75) is 0 Å². The Morgan fingerprint density at radius 1 is 0.850 bits per heavy atom. The Bertz CT molecular complexity index is 799. The van der Waals surface area contributed by atoms with Crippen molar-refractivity contribution < 1.29 is 4.79 Å². The van der Waals surface area contributed by atoms with Gasteiger partial charge in [-0.15, -0.1) is 0 Å². The van der Waals surface area contributed by atoms with Gasteiger partial charge in [-0.3, -0.25) is 4.79 Å². The molecule has 0 spiro atoms. The first-order valence-electron chi connectivity index (χ1n) is 6.52. The molecule has 1 heteroatoms. The molecule has 0 atom stereocenters. The molecule has 0 aromatic heterocycles. The third-order valence-electron chi connectivity index (χ3n) is 3.51. The summed E-state index contributed by atoms with van der Waals surface area (Å²) in [4.78, 5) is 11.1. The number of carbonyl (C=O) groups excluding carboxylic acids is 1. The van der Waals surface area contributed by atoms with Gasteiger partial charge < -0.3 is 0 Å². The predicted octanol–water partition coefficient (Wildman–Crippen LogP) is 4.71. The lowest BCUT2D eigenvalue weighted by Crippen LogP contribution is -1.92. The van der Waals surface area contributed by atoms with E-state index in [1.165, 1.54) is 10.8 Å². The van der Waals surface area contributed by atoms with Gasteiger partial charge in [0, 0.05) is 5.56 Å². The van der Waals surface area contributed by atoms with Gasteiger partial charge in [-0.05, 0) is 33.5 Å². The molecule has 0 N–H and O–H groups in total. The lowest BCUT2D eigenvalue weighted by atomic mass is 9.94. The number of aldehydes is 1. The van der Waals surface area contributed by atoms with Gasteiger partial charge in [0.15, 0.2) is 6.29 Å². The van der Waals surface area contributed by atoms with E-state index in [1.54, 1.807) is 0 Å². The molecule has 0 fully saturated rings. The quantitative estimate of drug-likeness (QED) is 0.621. The zero-order valence-corrected chi connectivity index (χ0v) is 11.0. The van der Waals surface area contributed by atoms with Gasteiger partial charge in [0.1, 0.15) is 0 Å². The number of rotatable bonds is 3. The van der Waals surface area contributed by atoms with Gasteiger partial charge in [0.25, 0.3) is 0 Å². The van der Waals surface area contributed by atoms with Gasteiger partial charge >= 0.3 is 0 Å². The van der Waals surface area contributed by atoms with Crippen LogP contribution in [0.15, 0.2) is 73.3 Å². The van der Waals surface area contributed by atoms with Crippen LogP contribution in [0, 0.1) is 0 Å². The van der Waals surface area contributed by atoms with Gasteiger partial charge in [-0.1, -0.05) is 67.2 Å². The molecule has 3 aromatic carbocycles. The molecular weight excluding hydrogens is 244 g/mol. The SMILES string of the molecule is C=C(c1ccc2ccccc2c1)c1ccccc1C=O. The normalized spacial score (nSPS) is 10.4. The first-order valence-corrected chi connectivity index (χ1v) is 6.52. The van der Waals surface area contributed by atoms with E-state index in [0.717, 1.165) is 23.0 Å². The molecule has 0 aliphatic rings. The van der Waals surface area contributed by atoms with Crippen LogP contribution >= 0.6 is 0 Å². The van der Waals surface area contributed by atoms with E-state index in [4.69, 9.17) is 0 Å². The van der Waals surface area contributed by atoms with Gasteiger partial charge in [-0.2, -0.15) is 0 Å². The topological polar surface area (TPSA) is 17.1 Å². The third kappa shape index (κ3) is 2.14. The smallest absolute Gasteiger partial charge is 0.150 e. The maximum absolute atomic E-state index is 11.1. The van der Waals surface area contributed by atoms with E-state index >= 15 is 0 Å². The van der Waals surface area contributed by atoms with E-state index in [0.29, 0.717) is 5.56 Å². The Kier molecular flexibility index (Phi) is 3.18. The molecule has 0 unspecified atom stereocenters. The minimum absolute atomic E-state index is 0.672. The van der Waals surface area contributed by atoms with E-state index < -0.39 is 0 Å². The van der Waals surface area contributed by atoms with Crippen LogP contribution in [0.25, 0.3) is 16.3 Å². The minimum Gasteiger partial charge on any atom is -0.298 e. The molecule has 96 valence electrons. The van der Waals surface area contributed by atoms with E-state index in [-0.39, 0.29) is 0 Å². The van der Waals surface area contributed by atoms with Crippen LogP contribution < -0.4 is 0 Å². The third-order valence-corrected chi connectivity index (χ3v) is 3.51. The van der Waals surface area contributed by atoms with Crippen LogP contribution in [0.4, 0.5) is 0 Å². The summed E-state index contributed by atoms with van der Waals surface area (Å²) < 4.78 is 0. The number of fused-ring (bicyclic) bond motifs is 1. The van der Waals surface area contributed by atoms with Crippen molar-refractivity contribution in [3.8, 4) is 0 Å². The van der Waals surface area contributed by atoms with E-state index in [1.807, 2.05) is 42.5 Å². The zero-order valence-electron chi connectivity index (χ0n) is 11.0. The Hall–Kier alpha value is -2.67. The molecule has 0 aliphatic heterocycles. The molecular formula is C19H14O. The largest absolute Gasteiger partial charge is 0.298 e. The summed E-state index contributed by atoms with van der Waals surface area (Å²) in [6, 6.07) is 22.0. The summed E-state index contributed by atoms with van der Waals surface area (Å²) in [5.74, 6) is 0. The second-order valence-corrected chi connectivity index (χ2v) is 4.75. The van der Waals surface area contributed by atoms with Crippen molar-refractivity contribution in [1.29, 1.82) is 0 Å². The highest BCUT2D eigenvalue weighted by molar-refractivity contribution is 5.93. The van der Waals surface area contributed by atoms with Crippen LogP contribution in [0.1, 0.15) is 21.5 Å². The highest BCUT2D eigenvalue weighted by Gasteiger charge is 2.07. The van der Waals surface area contributed by atoms with Gasteiger partial charge in [-0.25, -0.2) is 0 Å². The van der Waals surface area contributed by atoms with E-state index in [2.05, 4.69) is 30.8 Å². The fourth-order valence-electron chi connectivity index (χ4n) is 2.41. The van der Waals surface area contributed by atoms with Crippen molar-refractivity contribution >= 4 is 22.6 Å². The van der Waals surface area contributed by atoms with Crippen LogP contribution in [-0.2, 0) is 0 Å². The average molecular weight is 258 g/mol. The lowest BCUT2D eigenvalue weighted by molar-refractivity contribution is 0.112. The van der Waals surface area contributed by atoms with Crippen LogP contribution in [0.2, 0.25) is 0 Å². The number of hydrogen-bond acceptors (Lipinski definition) is 1. The maximum Gasteiger partial charge on any atom is 0.150 e. The Morgan fingerprint density at radius 2 is 1.55 bits per heavy atom. The highest BCUT2D eigenvalue weighted by Crippen LogP contribution is 2.26. The summed E-state index contributed by atoms with van der Waals surface area (Å²) in [5, 5.41) is 2.38. The van der Waals surface area contributed by atoms with Crippen molar-refractivity contribution in [1.82, 2.24) is 0 Å². The second-order valence-electron chi connectivity index (χ2n) is 4.75. The second kappa shape index (κ2) is 5.14. The summed E-state index contributed by atoms with van der Waals surface area (Å²) in [6.45, 7) is 4.15. The summed E-state index contributed by atoms with van der Waals surface area (Å²) in [5.41, 5.74) is 3.47. The Balaban J connectivity index is 2.10. The van der Waals surface area contributed by atoms with Gasteiger partial charge in [0.2, 0.25) is 0 Å². The van der Waals surface area contributed by atoms with Crippen LogP contribution in [0.3, 0.4) is 0 Å². The molecule has 0 radical (unpaired) electrons. The predicted molar refractivity (Wildman–Crippen MR) is 83.9 cm³/mol. The fraction of sp³-hybridized carbons (Fsp3) is 0. The molecule has 0 amide bonds. The summed E-state index contributed by atoms with van der Waals surface area (Å²) in [6.07, 6.45) is 0.877. The van der Waals surface area contributed by atoms with Gasteiger partial charge in [0.05, 0.1) is 0 Å². The lowest BCUT2D eigenvalue weighted by Gasteiger charge is -2.10. The van der Waals surface area contributed by atoms with E-state index in [9.17, 15) is 4.79 Å². The fourth-order valence-corrected chi connectivity index (χ4v) is 2.41. The van der Waals surface area contributed by atoms with Crippen LogP contribution in [0.5, 0.6) is 0 Å². The molecule has 3 rings (SSSR count). The minimum atomic E-state index is 0.672. The molecule has 0 heterocycles. The zero-order chi connectivity index (χ0) is 13.9. The molecule has 3 aromatic rings. The Labute approximate surface area is 118 Å². The number of carbonyl (C=O) groups is 1. The summed E-state index contributed by atoms with van der Waals surface area (Å²) in [7, 11) is 0. The maximum atomic E-state index is 11.1. The van der Waals surface area contributed by atoms with Crippen molar-refractivity contribution in [2.75, 3.05) is 0 Å². The first kappa shape index (κ1) is 12.4. The number of benzene rings is 3. The number of hydrogen-bond donors (Lipinski definition) is 0. The molecule has 0 saturated heterocycles. The average Bonchev–Trinajstić information content (AvgIpc) is 2.53. The summed E-state index contributed by atoms with van der Waals surface area (Å²) >= 11 is 0. The van der Waals surface area contributed by atoms with Crippen LogP contribution in [-0.4, -0.2) is 6.29 Å². The first-order chi connectivity index (χ1) is 9.79.